The van der Waals surface area contributed by atoms with E-state index in [0.717, 1.165) is 72.0 Å². The van der Waals surface area contributed by atoms with Crippen LogP contribution in [-0.4, -0.2) is 64.3 Å². The highest BCUT2D eigenvalue weighted by molar-refractivity contribution is 5.86. The maximum absolute atomic E-state index is 12.9. The smallest absolute Gasteiger partial charge is 0.156 e. The molecule has 0 saturated carbocycles. The van der Waals surface area contributed by atoms with E-state index in [4.69, 9.17) is 14.5 Å². The average molecular weight is 460 g/mol. The van der Waals surface area contributed by atoms with Gasteiger partial charge >= 0.3 is 0 Å². The number of fused-ring (bicyclic) bond motifs is 1. The molecule has 1 saturated heterocycles. The molecule has 2 N–H and O–H groups in total. The van der Waals surface area contributed by atoms with Crippen molar-refractivity contribution >= 4 is 16.8 Å². The molecule has 0 unspecified atom stereocenters. The second kappa shape index (κ2) is 9.79. The van der Waals surface area contributed by atoms with Crippen LogP contribution in [-0.2, 0) is 28.9 Å². The summed E-state index contributed by atoms with van der Waals surface area (Å²) in [6, 6.07) is 12.2. The van der Waals surface area contributed by atoms with Gasteiger partial charge in [0.1, 0.15) is 17.2 Å². The van der Waals surface area contributed by atoms with Crippen molar-refractivity contribution in [3.63, 3.8) is 0 Å². The summed E-state index contributed by atoms with van der Waals surface area (Å²) in [6.45, 7) is 6.37. The Balaban J connectivity index is 1.32. The molecule has 1 aliphatic rings. The molecule has 2 aromatic carbocycles. The summed E-state index contributed by atoms with van der Waals surface area (Å²) in [5, 5.41) is 7.21. The van der Waals surface area contributed by atoms with Crippen LogP contribution < -0.4 is 4.74 Å². The standard InChI is InChI=1S/C26H29N5O3/c1-17-3-6-24(33-2)19(11-17)13-21(32)14-20-15-27-30-25(20)26-28-22-5-4-18(12-23(22)29-26)16-31-7-9-34-10-8-31/h3-6,11-12,15H,7-10,13-14,16H2,1-2H3,(H,27,30)(H,28,29). The van der Waals surface area contributed by atoms with E-state index in [2.05, 4.69) is 32.2 Å². The third kappa shape index (κ3) is 4.88. The molecular formula is C26H29N5O3. The molecule has 0 radical (unpaired) electrons. The minimum absolute atomic E-state index is 0.0930. The predicted octanol–water partition coefficient (Wildman–Crippen LogP) is 3.46. The van der Waals surface area contributed by atoms with E-state index in [-0.39, 0.29) is 12.2 Å². The Kier molecular flexibility index (Phi) is 6.42. The lowest BCUT2D eigenvalue weighted by atomic mass is 10.0. The Bertz CT molecular complexity index is 1300. The molecule has 1 aliphatic heterocycles. The number of hydrogen-bond donors (Lipinski definition) is 2. The van der Waals surface area contributed by atoms with Gasteiger partial charge in [0.05, 0.1) is 37.6 Å². The number of imidazole rings is 1. The summed E-state index contributed by atoms with van der Waals surface area (Å²) in [6.07, 6.45) is 2.28. The fourth-order valence-corrected chi connectivity index (χ4v) is 4.47. The van der Waals surface area contributed by atoms with Gasteiger partial charge in [-0.2, -0.15) is 5.10 Å². The first-order chi connectivity index (χ1) is 16.6. The maximum Gasteiger partial charge on any atom is 0.156 e. The first kappa shape index (κ1) is 22.3. The Morgan fingerprint density at radius 3 is 2.76 bits per heavy atom. The highest BCUT2D eigenvalue weighted by Crippen LogP contribution is 2.25. The van der Waals surface area contributed by atoms with Crippen LogP contribution in [0.4, 0.5) is 0 Å². The number of rotatable bonds is 8. The quantitative estimate of drug-likeness (QED) is 0.419. The second-order valence-corrected chi connectivity index (χ2v) is 8.80. The summed E-state index contributed by atoms with van der Waals surface area (Å²) >= 11 is 0. The van der Waals surface area contributed by atoms with Crippen molar-refractivity contribution in [3.05, 3.63) is 64.8 Å². The van der Waals surface area contributed by atoms with Crippen LogP contribution in [0, 0.1) is 6.92 Å². The Hall–Kier alpha value is -3.49. The summed E-state index contributed by atoms with van der Waals surface area (Å²) in [4.78, 5) is 23.5. The van der Waals surface area contributed by atoms with Crippen LogP contribution in [0.5, 0.6) is 5.75 Å². The third-order valence-electron chi connectivity index (χ3n) is 6.22. The van der Waals surface area contributed by atoms with E-state index in [1.165, 1.54) is 5.56 Å². The number of aryl methyl sites for hydroxylation is 1. The van der Waals surface area contributed by atoms with Crippen molar-refractivity contribution in [1.82, 2.24) is 25.1 Å². The van der Waals surface area contributed by atoms with Gasteiger partial charge in [-0.15, -0.1) is 0 Å². The molecule has 8 nitrogen and oxygen atoms in total. The number of ether oxygens (including phenoxy) is 2. The van der Waals surface area contributed by atoms with Crippen molar-refractivity contribution in [2.24, 2.45) is 0 Å². The molecule has 0 atom stereocenters. The Morgan fingerprint density at radius 2 is 1.94 bits per heavy atom. The van der Waals surface area contributed by atoms with E-state index in [1.807, 2.05) is 31.2 Å². The van der Waals surface area contributed by atoms with E-state index in [9.17, 15) is 4.79 Å². The lowest BCUT2D eigenvalue weighted by molar-refractivity contribution is -0.117. The molecular weight excluding hydrogens is 430 g/mol. The normalized spacial score (nSPS) is 14.5. The van der Waals surface area contributed by atoms with Gasteiger partial charge in [0.15, 0.2) is 5.82 Å². The van der Waals surface area contributed by atoms with Crippen molar-refractivity contribution in [2.45, 2.75) is 26.3 Å². The molecule has 176 valence electrons. The molecule has 0 spiro atoms. The Morgan fingerprint density at radius 1 is 1.12 bits per heavy atom. The van der Waals surface area contributed by atoms with Gasteiger partial charge in [-0.3, -0.25) is 14.8 Å². The zero-order chi connectivity index (χ0) is 23.5. The molecule has 0 aliphatic carbocycles. The number of nitrogens with zero attached hydrogens (tertiary/aromatic N) is 3. The van der Waals surface area contributed by atoms with E-state index >= 15 is 0 Å². The van der Waals surface area contributed by atoms with Crippen LogP contribution in [0.1, 0.15) is 22.3 Å². The number of aromatic amines is 2. The zero-order valence-electron chi connectivity index (χ0n) is 19.6. The molecule has 8 heteroatoms. The molecule has 0 bridgehead atoms. The van der Waals surface area contributed by atoms with E-state index in [0.29, 0.717) is 12.2 Å². The predicted molar refractivity (Wildman–Crippen MR) is 130 cm³/mol. The second-order valence-electron chi connectivity index (χ2n) is 8.80. The van der Waals surface area contributed by atoms with Crippen molar-refractivity contribution in [1.29, 1.82) is 0 Å². The number of nitrogens with one attached hydrogen (secondary N) is 2. The number of H-pyrrole nitrogens is 2. The average Bonchev–Trinajstić information content (AvgIpc) is 3.46. The van der Waals surface area contributed by atoms with Crippen LogP contribution in [0.3, 0.4) is 0 Å². The topological polar surface area (TPSA) is 96.1 Å². The number of methoxy groups -OCH3 is 1. The zero-order valence-corrected chi connectivity index (χ0v) is 19.6. The highest BCUT2D eigenvalue weighted by Gasteiger charge is 2.17. The monoisotopic (exact) mass is 459 g/mol. The lowest BCUT2D eigenvalue weighted by Crippen LogP contribution is -2.35. The van der Waals surface area contributed by atoms with Crippen molar-refractivity contribution in [3.8, 4) is 17.3 Å². The third-order valence-corrected chi connectivity index (χ3v) is 6.22. The largest absolute Gasteiger partial charge is 0.496 e. The van der Waals surface area contributed by atoms with Crippen LogP contribution in [0.2, 0.25) is 0 Å². The molecule has 3 heterocycles. The fourth-order valence-electron chi connectivity index (χ4n) is 4.47. The van der Waals surface area contributed by atoms with Crippen molar-refractivity contribution in [2.75, 3.05) is 33.4 Å². The first-order valence-electron chi connectivity index (χ1n) is 11.6. The van der Waals surface area contributed by atoms with Crippen LogP contribution in [0.15, 0.2) is 42.6 Å². The maximum atomic E-state index is 12.9. The van der Waals surface area contributed by atoms with Crippen molar-refractivity contribution < 1.29 is 14.3 Å². The minimum Gasteiger partial charge on any atom is -0.496 e. The summed E-state index contributed by atoms with van der Waals surface area (Å²) < 4.78 is 10.9. The fraction of sp³-hybridized carbons (Fsp3) is 0.346. The number of Topliss-reactive ketones (excluding diaryl/α,β-unsaturated/α-hetero) is 1. The number of carbonyl (C=O) groups is 1. The molecule has 0 amide bonds. The molecule has 5 rings (SSSR count). The van der Waals surface area contributed by atoms with Gasteiger partial charge in [0.25, 0.3) is 0 Å². The lowest BCUT2D eigenvalue weighted by Gasteiger charge is -2.26. The van der Waals surface area contributed by atoms with Crippen LogP contribution >= 0.6 is 0 Å². The number of carbonyl (C=O) groups excluding carboxylic acids is 1. The number of aromatic nitrogens is 4. The Labute approximate surface area is 198 Å². The van der Waals surface area contributed by atoms with Gasteiger partial charge < -0.3 is 14.5 Å². The van der Waals surface area contributed by atoms with Gasteiger partial charge in [-0.05, 0) is 30.7 Å². The summed E-state index contributed by atoms with van der Waals surface area (Å²) in [7, 11) is 1.63. The number of benzene rings is 2. The molecule has 4 aromatic rings. The number of ketones is 1. The van der Waals surface area contributed by atoms with Gasteiger partial charge in [-0.25, -0.2) is 4.98 Å². The number of hydrogen-bond acceptors (Lipinski definition) is 6. The SMILES string of the molecule is COc1ccc(C)cc1CC(=O)Cc1cn[nH]c1-c1nc2ccc(CN3CCOCC3)cc2[nH]1. The van der Waals surface area contributed by atoms with E-state index in [1.54, 1.807) is 13.3 Å². The summed E-state index contributed by atoms with van der Waals surface area (Å²) in [5.41, 5.74) is 6.66. The molecule has 34 heavy (non-hydrogen) atoms. The molecule has 1 fully saturated rings. The minimum atomic E-state index is 0.0930. The van der Waals surface area contributed by atoms with Gasteiger partial charge in [0, 0.05) is 43.6 Å². The summed E-state index contributed by atoms with van der Waals surface area (Å²) in [5.74, 6) is 1.51. The highest BCUT2D eigenvalue weighted by atomic mass is 16.5. The number of morpholine rings is 1. The van der Waals surface area contributed by atoms with Gasteiger partial charge in [-0.1, -0.05) is 23.8 Å². The first-order valence-corrected chi connectivity index (χ1v) is 11.6. The van der Waals surface area contributed by atoms with Crippen LogP contribution in [0.25, 0.3) is 22.6 Å². The van der Waals surface area contributed by atoms with E-state index < -0.39 is 0 Å². The van der Waals surface area contributed by atoms with Gasteiger partial charge in [0.2, 0.25) is 0 Å². The molecule has 2 aromatic heterocycles.